The Balaban J connectivity index is 1.78. The first kappa shape index (κ1) is 12.7. The zero-order valence-corrected chi connectivity index (χ0v) is 11.6. The first-order chi connectivity index (χ1) is 8.25. The molecule has 90 valence electrons. The zero-order chi connectivity index (χ0) is 12.1. The molecule has 17 heavy (non-hydrogen) atoms. The van der Waals surface area contributed by atoms with Gasteiger partial charge in [0.2, 0.25) is 0 Å². The molecule has 0 bridgehead atoms. The van der Waals surface area contributed by atoms with E-state index in [9.17, 15) is 4.39 Å². The number of benzene rings is 1. The Kier molecular flexibility index (Phi) is 4.71. The van der Waals surface area contributed by atoms with Crippen LogP contribution in [0.15, 0.2) is 40.2 Å². The van der Waals surface area contributed by atoms with Gasteiger partial charge in [-0.1, -0.05) is 28.1 Å². The molecule has 4 heteroatoms. The highest BCUT2D eigenvalue weighted by Crippen LogP contribution is 2.16. The second kappa shape index (κ2) is 6.28. The van der Waals surface area contributed by atoms with Crippen molar-refractivity contribution in [1.82, 2.24) is 0 Å². The fraction of sp³-hybridized carbons (Fsp3) is 0.231. The summed E-state index contributed by atoms with van der Waals surface area (Å²) < 4.78 is 19.7. The van der Waals surface area contributed by atoms with Crippen LogP contribution in [0.25, 0.3) is 0 Å². The van der Waals surface area contributed by atoms with Crippen molar-refractivity contribution in [2.75, 3.05) is 6.61 Å². The Morgan fingerprint density at radius 3 is 2.88 bits per heavy atom. The summed E-state index contributed by atoms with van der Waals surface area (Å²) in [4.78, 5) is 1.29. The van der Waals surface area contributed by atoms with E-state index in [1.807, 2.05) is 17.5 Å². The molecular weight excluding hydrogens is 303 g/mol. The van der Waals surface area contributed by atoms with Crippen molar-refractivity contribution >= 4 is 27.3 Å². The predicted molar refractivity (Wildman–Crippen MR) is 71.8 cm³/mol. The highest BCUT2D eigenvalue weighted by atomic mass is 79.9. The third-order valence-corrected chi connectivity index (χ3v) is 3.78. The second-order valence-corrected chi connectivity index (χ2v) is 5.57. The van der Waals surface area contributed by atoms with Crippen molar-refractivity contribution < 1.29 is 9.13 Å². The predicted octanol–water partition coefficient (Wildman–Crippen LogP) is 4.41. The lowest BCUT2D eigenvalue weighted by atomic mass is 10.2. The molecule has 0 saturated heterocycles. The summed E-state index contributed by atoms with van der Waals surface area (Å²) in [5.41, 5.74) is 0.597. The SMILES string of the molecule is Fc1cc(Br)ccc1COCCc1cccs1. The Labute approximate surface area is 112 Å². The van der Waals surface area contributed by atoms with Gasteiger partial charge in [0.1, 0.15) is 5.82 Å². The van der Waals surface area contributed by atoms with Crippen LogP contribution in [0.2, 0.25) is 0 Å². The van der Waals surface area contributed by atoms with E-state index in [0.717, 1.165) is 10.9 Å². The van der Waals surface area contributed by atoms with E-state index in [2.05, 4.69) is 22.0 Å². The first-order valence-electron chi connectivity index (χ1n) is 5.30. The van der Waals surface area contributed by atoms with Crippen LogP contribution in [0.1, 0.15) is 10.4 Å². The van der Waals surface area contributed by atoms with Crippen LogP contribution in [0, 0.1) is 5.82 Å². The molecule has 1 nitrogen and oxygen atoms in total. The Bertz CT molecular complexity index is 470. The number of thiophene rings is 1. The maximum atomic E-state index is 13.4. The summed E-state index contributed by atoms with van der Waals surface area (Å²) in [5, 5.41) is 2.05. The Hall–Kier alpha value is -0.710. The number of hydrogen-bond donors (Lipinski definition) is 0. The number of ether oxygens (including phenoxy) is 1. The van der Waals surface area contributed by atoms with Gasteiger partial charge < -0.3 is 4.74 Å². The van der Waals surface area contributed by atoms with E-state index in [4.69, 9.17) is 4.74 Å². The van der Waals surface area contributed by atoms with Gasteiger partial charge in [-0.2, -0.15) is 0 Å². The summed E-state index contributed by atoms with van der Waals surface area (Å²) >= 11 is 4.94. The molecule has 1 heterocycles. The molecule has 2 rings (SSSR count). The molecule has 1 aromatic carbocycles. The second-order valence-electron chi connectivity index (χ2n) is 3.62. The zero-order valence-electron chi connectivity index (χ0n) is 9.16. The Morgan fingerprint density at radius 2 is 2.18 bits per heavy atom. The van der Waals surface area contributed by atoms with Crippen LogP contribution in [-0.4, -0.2) is 6.61 Å². The van der Waals surface area contributed by atoms with Gasteiger partial charge in [0.15, 0.2) is 0 Å². The van der Waals surface area contributed by atoms with Crippen molar-refractivity contribution in [1.29, 1.82) is 0 Å². The minimum absolute atomic E-state index is 0.226. The van der Waals surface area contributed by atoms with Gasteiger partial charge in [0.05, 0.1) is 13.2 Å². The largest absolute Gasteiger partial charge is 0.376 e. The van der Waals surface area contributed by atoms with E-state index < -0.39 is 0 Å². The molecular formula is C13H12BrFOS. The molecule has 0 amide bonds. The minimum Gasteiger partial charge on any atom is -0.376 e. The van der Waals surface area contributed by atoms with Gasteiger partial charge in [0.25, 0.3) is 0 Å². The number of hydrogen-bond acceptors (Lipinski definition) is 2. The maximum absolute atomic E-state index is 13.4. The number of halogens is 2. The van der Waals surface area contributed by atoms with Gasteiger partial charge in [-0.25, -0.2) is 4.39 Å². The summed E-state index contributed by atoms with van der Waals surface area (Å²) in [6.45, 7) is 0.945. The van der Waals surface area contributed by atoms with Gasteiger partial charge in [0, 0.05) is 21.3 Å². The fourth-order valence-electron chi connectivity index (χ4n) is 1.45. The van der Waals surface area contributed by atoms with Crippen LogP contribution in [0.3, 0.4) is 0 Å². The molecule has 1 aromatic heterocycles. The molecule has 0 atom stereocenters. The van der Waals surface area contributed by atoms with Crippen molar-refractivity contribution in [3.05, 3.63) is 56.4 Å². The number of rotatable bonds is 5. The van der Waals surface area contributed by atoms with Crippen LogP contribution >= 0.6 is 27.3 Å². The van der Waals surface area contributed by atoms with Crippen LogP contribution in [0.4, 0.5) is 4.39 Å². The topological polar surface area (TPSA) is 9.23 Å². The van der Waals surface area contributed by atoms with Gasteiger partial charge >= 0.3 is 0 Å². The summed E-state index contributed by atoms with van der Waals surface area (Å²) in [6, 6.07) is 9.12. The molecule has 0 spiro atoms. The lowest BCUT2D eigenvalue weighted by Crippen LogP contribution is -1.99. The average Bonchev–Trinajstić information content (AvgIpc) is 2.79. The van der Waals surface area contributed by atoms with Crippen molar-refractivity contribution in [2.24, 2.45) is 0 Å². The summed E-state index contributed by atoms with van der Waals surface area (Å²) in [7, 11) is 0. The average molecular weight is 315 g/mol. The normalized spacial score (nSPS) is 10.7. The molecule has 0 unspecified atom stereocenters. The molecule has 0 aliphatic heterocycles. The van der Waals surface area contributed by atoms with Gasteiger partial charge in [-0.3, -0.25) is 0 Å². The molecule has 2 aromatic rings. The molecule has 0 fully saturated rings. The van der Waals surface area contributed by atoms with E-state index in [-0.39, 0.29) is 5.82 Å². The van der Waals surface area contributed by atoms with E-state index >= 15 is 0 Å². The highest BCUT2D eigenvalue weighted by molar-refractivity contribution is 9.10. The van der Waals surface area contributed by atoms with Crippen molar-refractivity contribution in [3.63, 3.8) is 0 Å². The maximum Gasteiger partial charge on any atom is 0.129 e. The van der Waals surface area contributed by atoms with E-state index in [1.54, 1.807) is 17.4 Å². The fourth-order valence-corrected chi connectivity index (χ4v) is 2.47. The standard InChI is InChI=1S/C13H12BrFOS/c14-11-4-3-10(13(15)8-11)9-16-6-5-12-2-1-7-17-12/h1-4,7-8H,5-6,9H2. The summed E-state index contributed by atoms with van der Waals surface area (Å²) in [6.07, 6.45) is 0.885. The molecule has 0 radical (unpaired) electrons. The van der Waals surface area contributed by atoms with Crippen LogP contribution in [-0.2, 0) is 17.8 Å². The molecule has 0 N–H and O–H groups in total. The van der Waals surface area contributed by atoms with Gasteiger partial charge in [-0.15, -0.1) is 11.3 Å². The lowest BCUT2D eigenvalue weighted by Gasteiger charge is -2.05. The third kappa shape index (κ3) is 3.91. The van der Waals surface area contributed by atoms with Gasteiger partial charge in [-0.05, 0) is 23.6 Å². The lowest BCUT2D eigenvalue weighted by molar-refractivity contribution is 0.122. The van der Waals surface area contributed by atoms with Crippen molar-refractivity contribution in [3.8, 4) is 0 Å². The van der Waals surface area contributed by atoms with E-state index in [0.29, 0.717) is 18.8 Å². The minimum atomic E-state index is -0.226. The highest BCUT2D eigenvalue weighted by Gasteiger charge is 2.02. The smallest absolute Gasteiger partial charge is 0.129 e. The first-order valence-corrected chi connectivity index (χ1v) is 6.97. The monoisotopic (exact) mass is 314 g/mol. The van der Waals surface area contributed by atoms with E-state index in [1.165, 1.54) is 10.9 Å². The van der Waals surface area contributed by atoms with Crippen molar-refractivity contribution in [2.45, 2.75) is 13.0 Å². The third-order valence-electron chi connectivity index (χ3n) is 2.35. The molecule has 0 saturated carbocycles. The quantitative estimate of drug-likeness (QED) is 0.743. The summed E-state index contributed by atoms with van der Waals surface area (Å²) in [5.74, 6) is -0.226. The van der Waals surface area contributed by atoms with Crippen LogP contribution < -0.4 is 0 Å². The molecule has 0 aliphatic rings. The van der Waals surface area contributed by atoms with Crippen LogP contribution in [0.5, 0.6) is 0 Å². The Morgan fingerprint density at radius 1 is 1.29 bits per heavy atom. The molecule has 0 aliphatic carbocycles.